The fraction of sp³-hybridized carbons (Fsp3) is 0.168. The molecule has 0 aliphatic heterocycles. The number of hydrogen-bond donors (Lipinski definition) is 5. The topological polar surface area (TPSA) is 237 Å². The zero-order chi connectivity index (χ0) is 88.8. The molecule has 0 aliphatic rings. The van der Waals surface area contributed by atoms with Gasteiger partial charge in [0.1, 0.15) is 0 Å². The van der Waals surface area contributed by atoms with E-state index in [0.717, 1.165) is 108 Å². The summed E-state index contributed by atoms with van der Waals surface area (Å²) in [5, 5.41) is 32.7. The number of nitrogens with one attached hydrogen (secondary N) is 4. The number of nitrogens with zero attached hydrogens (tertiary/aromatic N) is 9. The van der Waals surface area contributed by atoms with Gasteiger partial charge in [0.05, 0.1) is 11.0 Å². The van der Waals surface area contributed by atoms with Gasteiger partial charge < -0.3 is 44.6 Å². The van der Waals surface area contributed by atoms with Gasteiger partial charge in [0, 0.05) is 226 Å². The molecule has 20 nitrogen and oxygen atoms in total. The Morgan fingerprint density at radius 2 is 0.717 bits per heavy atom. The molecule has 5 amide bonds. The van der Waals surface area contributed by atoms with E-state index in [1.807, 2.05) is 211 Å². The summed E-state index contributed by atoms with van der Waals surface area (Å²) in [4.78, 5) is 87.4. The summed E-state index contributed by atoms with van der Waals surface area (Å²) in [6.45, 7) is 18.5. The molecule has 0 saturated carbocycles. The molecule has 19 rings (SSSR count). The monoisotopic (exact) mass is 1680 g/mol. The van der Waals surface area contributed by atoms with Crippen molar-refractivity contribution in [2.24, 2.45) is 13.0 Å². The lowest BCUT2D eigenvalue weighted by Crippen LogP contribution is -2.35. The highest BCUT2D eigenvalue weighted by Crippen LogP contribution is 2.38. The summed E-state index contributed by atoms with van der Waals surface area (Å²) in [5.41, 5.74) is 19.5. The Labute approximate surface area is 736 Å². The van der Waals surface area contributed by atoms with Crippen LogP contribution in [-0.4, -0.2) is 84.6 Å². The van der Waals surface area contributed by atoms with Gasteiger partial charge in [-0.25, -0.2) is 4.79 Å². The van der Waals surface area contributed by atoms with Crippen molar-refractivity contribution in [3.63, 3.8) is 0 Å². The van der Waals surface area contributed by atoms with Gasteiger partial charge in [0.2, 0.25) is 17.7 Å². The molecule has 0 spiro atoms. The first-order chi connectivity index (χ1) is 61.7. The molecule has 0 fully saturated rings. The molecule has 0 bridgehead atoms. The summed E-state index contributed by atoms with van der Waals surface area (Å²) in [7, 11) is 2.07. The molecule has 20 heteroatoms. The molecule has 0 saturated heterocycles. The van der Waals surface area contributed by atoms with E-state index in [1.54, 1.807) is 41.7 Å². The molecular formula is C107H101N13O7. The smallest absolute Gasteiger partial charge is 0.412 e. The number of amides is 5. The molecule has 0 aliphatic carbocycles. The van der Waals surface area contributed by atoms with E-state index in [-0.39, 0.29) is 41.5 Å². The molecule has 5 N–H and O–H groups in total. The lowest BCUT2D eigenvalue weighted by Gasteiger charge is -2.23. The second-order valence-corrected chi connectivity index (χ2v) is 31.8. The van der Waals surface area contributed by atoms with Gasteiger partial charge in [-0.15, -0.1) is 0 Å². The van der Waals surface area contributed by atoms with Crippen molar-refractivity contribution in [2.75, 3.05) is 26.2 Å². The number of benzene rings is 11. The van der Waals surface area contributed by atoms with Gasteiger partial charge in [-0.3, -0.25) is 48.4 Å². The fourth-order valence-corrected chi connectivity index (χ4v) is 16.7. The SMILES string of the molecule is CCn1c2ccccc2c2cc(N(C(=O)O)C(C)C)ccc21.CCn1c2ccccc2c2cc(NC(=O)/C(C)=C/c3ccncc3)ccc21.CCn1c2ccccc2c2cc(NC(=O)C(C)C)ccc21.Cn1c2ccccc2c2cc(NC(=O)CCc3ccncc3)ccc21.O=C(CCc1ccncc1)Nc1ccc2c(c1)c1ccccc1n2C(=O)c1ccccc1. The molecule has 636 valence electrons. The highest BCUT2D eigenvalue weighted by molar-refractivity contribution is 6.18. The van der Waals surface area contributed by atoms with Crippen LogP contribution in [0.2, 0.25) is 0 Å². The maximum absolute atomic E-state index is 13.3. The Balaban J connectivity index is 0.000000123. The van der Waals surface area contributed by atoms with Crippen molar-refractivity contribution in [2.45, 2.75) is 107 Å². The first kappa shape index (κ1) is 86.4. The molecule has 8 heterocycles. The van der Waals surface area contributed by atoms with Crippen molar-refractivity contribution in [1.82, 2.24) is 37.8 Å². The van der Waals surface area contributed by atoms with Crippen molar-refractivity contribution in [1.29, 1.82) is 0 Å². The van der Waals surface area contributed by atoms with Gasteiger partial charge in [-0.1, -0.05) is 123 Å². The summed E-state index contributed by atoms with van der Waals surface area (Å²) in [6, 6.07) is 91.7. The first-order valence-electron chi connectivity index (χ1n) is 43.0. The predicted octanol–water partition coefficient (Wildman–Crippen LogP) is 24.1. The molecule has 19 aromatic rings. The lowest BCUT2D eigenvalue weighted by molar-refractivity contribution is -0.119. The molecule has 0 unspecified atom stereocenters. The standard InChI is InChI=1S/C27H21N3O2.C23H21N3O.C21H19N3O.C18H20N2O2.C18H20N2O/c31-26(13-10-19-14-16-28-17-15-19)29-21-11-12-25-23(18-21)22-8-4-5-9-24(22)30(25)27(32)20-6-2-1-3-7-20;1-3-26-21-7-5-4-6-19(21)20-15-18(8-9-22(20)26)25-23(27)16(2)14-17-10-12-24-13-11-17;1-24-19-5-3-2-4-17(19)18-14-16(7-8-20(18)24)23-21(25)9-6-15-10-12-22-13-11-15;1-4-19-16-8-6-5-7-14(16)15-11-13(9-10-17(15)19)20(12(2)3)18(21)22;1-4-20-16-8-6-5-7-14(16)15-11-13(9-10-17(15)20)19-18(21)12(2)3/h1-9,11-12,14-18H,10,13H2,(H,29,31);4-15H,3H2,1-2H3,(H,25,27);2-5,7-8,10-14H,6,9H2,1H3,(H,23,25);5-12H,4H2,1-3H3,(H,21,22);5-12H,4H2,1-3H3,(H,19,21)/b;16-14+;;;. The minimum atomic E-state index is -0.923. The number of aryl methyl sites for hydroxylation is 6. The number of hydrogen-bond acceptors (Lipinski definition) is 9. The van der Waals surface area contributed by atoms with Crippen LogP contribution >= 0.6 is 0 Å². The number of anilines is 5. The van der Waals surface area contributed by atoms with E-state index in [0.29, 0.717) is 48.2 Å². The number of carbonyl (C=O) groups excluding carboxylic acids is 5. The number of carboxylic acid groups (broad SMARTS) is 1. The summed E-state index contributed by atoms with van der Waals surface area (Å²) in [6.07, 6.45) is 13.5. The van der Waals surface area contributed by atoms with Crippen LogP contribution in [0.1, 0.15) is 95.3 Å². The van der Waals surface area contributed by atoms with E-state index in [1.165, 1.54) is 59.5 Å². The Bertz CT molecular complexity index is 7290. The number of pyridine rings is 3. The summed E-state index contributed by atoms with van der Waals surface area (Å²) >= 11 is 0. The van der Waals surface area contributed by atoms with Crippen LogP contribution in [0.5, 0.6) is 0 Å². The molecule has 127 heavy (non-hydrogen) atoms. The van der Waals surface area contributed by atoms with Crippen molar-refractivity contribution >= 4 is 179 Å². The minimum Gasteiger partial charge on any atom is -0.465 e. The van der Waals surface area contributed by atoms with Crippen LogP contribution in [0, 0.1) is 5.92 Å². The van der Waals surface area contributed by atoms with E-state index in [4.69, 9.17) is 0 Å². The minimum absolute atomic E-state index is 0.0160. The van der Waals surface area contributed by atoms with Gasteiger partial charge in [-0.2, -0.15) is 0 Å². The number of fused-ring (bicyclic) bond motifs is 15. The van der Waals surface area contributed by atoms with Gasteiger partial charge in [-0.05, 0) is 247 Å². The zero-order valence-corrected chi connectivity index (χ0v) is 72.6. The third kappa shape index (κ3) is 19.1. The Morgan fingerprint density at radius 1 is 0.378 bits per heavy atom. The highest BCUT2D eigenvalue weighted by atomic mass is 16.4. The van der Waals surface area contributed by atoms with Gasteiger partial charge >= 0.3 is 6.09 Å². The number of carbonyl (C=O) groups is 6. The molecule has 11 aromatic carbocycles. The van der Waals surface area contributed by atoms with Crippen LogP contribution in [0.25, 0.3) is 115 Å². The molecule has 0 radical (unpaired) electrons. The molecule has 8 aromatic heterocycles. The average molecular weight is 1680 g/mol. The van der Waals surface area contributed by atoms with Crippen LogP contribution in [-0.2, 0) is 58.7 Å². The number of rotatable bonds is 19. The van der Waals surface area contributed by atoms with Crippen LogP contribution in [0.3, 0.4) is 0 Å². The van der Waals surface area contributed by atoms with Crippen molar-refractivity contribution in [3.8, 4) is 0 Å². The Hall–Kier alpha value is -15.6. The third-order valence-electron chi connectivity index (χ3n) is 22.9. The predicted molar refractivity (Wildman–Crippen MR) is 519 cm³/mol. The van der Waals surface area contributed by atoms with E-state index < -0.39 is 6.09 Å². The lowest BCUT2D eigenvalue weighted by atomic mass is 10.1. The quantitative estimate of drug-likeness (QED) is 0.0480. The van der Waals surface area contributed by atoms with E-state index in [2.05, 4.69) is 192 Å². The zero-order valence-electron chi connectivity index (χ0n) is 72.6. The van der Waals surface area contributed by atoms with Crippen molar-refractivity contribution < 1.29 is 33.9 Å². The average Bonchev–Trinajstić information content (AvgIpc) is 1.65. The van der Waals surface area contributed by atoms with E-state index >= 15 is 0 Å². The molecule has 0 atom stereocenters. The van der Waals surface area contributed by atoms with Crippen molar-refractivity contribution in [3.05, 3.63) is 344 Å². The van der Waals surface area contributed by atoms with Crippen LogP contribution in [0.15, 0.2) is 322 Å². The van der Waals surface area contributed by atoms with Crippen LogP contribution < -0.4 is 26.2 Å². The highest BCUT2D eigenvalue weighted by Gasteiger charge is 2.23. The van der Waals surface area contributed by atoms with Crippen LogP contribution in [0.4, 0.5) is 33.2 Å². The number of aromatic nitrogens is 8. The number of para-hydroxylation sites is 5. The fourth-order valence-electron chi connectivity index (χ4n) is 16.7. The second-order valence-electron chi connectivity index (χ2n) is 31.8. The maximum Gasteiger partial charge on any atom is 0.412 e. The largest absolute Gasteiger partial charge is 0.465 e. The Morgan fingerprint density at radius 3 is 1.17 bits per heavy atom. The maximum atomic E-state index is 13.3. The van der Waals surface area contributed by atoms with Gasteiger partial charge in [0.15, 0.2) is 0 Å². The molecular weight excluding hydrogens is 1580 g/mol. The first-order valence-corrected chi connectivity index (χ1v) is 43.0. The Kier molecular flexibility index (Phi) is 26.7. The van der Waals surface area contributed by atoms with Gasteiger partial charge in [0.25, 0.3) is 11.8 Å². The summed E-state index contributed by atoms with van der Waals surface area (Å²) in [5.74, 6) is -0.177. The second kappa shape index (κ2) is 39.3. The third-order valence-corrected chi connectivity index (χ3v) is 22.9. The van der Waals surface area contributed by atoms with E-state index in [9.17, 15) is 33.9 Å². The summed E-state index contributed by atoms with van der Waals surface area (Å²) < 4.78 is 10.8. The normalized spacial score (nSPS) is 11.3.